The van der Waals surface area contributed by atoms with Crippen LogP contribution in [0.4, 0.5) is 21.0 Å². The number of hydrogen-bond acceptors (Lipinski definition) is 8. The van der Waals surface area contributed by atoms with Gasteiger partial charge in [0, 0.05) is 23.5 Å². The molecule has 14 heteroatoms. The summed E-state index contributed by atoms with van der Waals surface area (Å²) in [5, 5.41) is 12.0. The number of likely N-dealkylation sites (tertiary alicyclic amines) is 2. The third-order valence-electron chi connectivity index (χ3n) is 17.8. The molecule has 5 aromatic carbocycles. The monoisotopic (exact) mass is 1020 g/mol. The van der Waals surface area contributed by atoms with Crippen LogP contribution >= 0.6 is 0 Å². The zero-order valence-corrected chi connectivity index (χ0v) is 44.2. The molecule has 0 aromatic heterocycles. The van der Waals surface area contributed by atoms with Crippen molar-refractivity contribution in [1.82, 2.24) is 20.4 Å². The Morgan fingerprint density at radius 1 is 0.526 bits per heavy atom. The van der Waals surface area contributed by atoms with Crippen LogP contribution in [0.5, 0.6) is 0 Å². The molecular formula is C62H68N6O8. The normalized spacial score (nSPS) is 23.8. The first kappa shape index (κ1) is 50.7. The largest absolute Gasteiger partial charge is 0.453 e. The number of nitrogens with zero attached hydrogens (tertiary/aromatic N) is 2. The van der Waals surface area contributed by atoms with E-state index >= 15 is 0 Å². The van der Waals surface area contributed by atoms with E-state index in [9.17, 15) is 28.8 Å². The van der Waals surface area contributed by atoms with Gasteiger partial charge in [-0.1, -0.05) is 113 Å². The molecule has 6 aliphatic rings. The van der Waals surface area contributed by atoms with E-state index in [4.69, 9.17) is 9.47 Å². The van der Waals surface area contributed by atoms with Crippen molar-refractivity contribution in [3.63, 3.8) is 0 Å². The fraction of sp³-hybridized carbons (Fsp3) is 0.419. The van der Waals surface area contributed by atoms with E-state index < -0.39 is 36.4 Å². The van der Waals surface area contributed by atoms with Crippen LogP contribution < -0.4 is 21.3 Å². The lowest BCUT2D eigenvalue weighted by atomic mass is 9.73. The molecule has 5 aromatic rings. The second-order valence-electron chi connectivity index (χ2n) is 23.2. The predicted octanol–water partition coefficient (Wildman–Crippen LogP) is 10.3. The number of nitrogens with one attached hydrogen (secondary N) is 4. The number of ether oxygens (including phenoxy) is 2. The van der Waals surface area contributed by atoms with Crippen molar-refractivity contribution < 1.29 is 38.2 Å². The lowest BCUT2D eigenvalue weighted by Crippen LogP contribution is -2.54. The molecule has 76 heavy (non-hydrogen) atoms. The Kier molecular flexibility index (Phi) is 13.3. The van der Waals surface area contributed by atoms with Gasteiger partial charge in [0.25, 0.3) is 11.8 Å². The van der Waals surface area contributed by atoms with Crippen LogP contribution in [0.3, 0.4) is 0 Å². The van der Waals surface area contributed by atoms with Gasteiger partial charge in [0.1, 0.15) is 24.2 Å². The maximum absolute atomic E-state index is 14.7. The molecular weight excluding hydrogens is 957 g/mol. The fourth-order valence-corrected chi connectivity index (χ4v) is 14.4. The highest BCUT2D eigenvalue weighted by Crippen LogP contribution is 2.57. The Labute approximate surface area is 444 Å². The van der Waals surface area contributed by atoms with Crippen LogP contribution in [-0.2, 0) is 52.3 Å². The second kappa shape index (κ2) is 19.9. The number of fused-ring (bicyclic) bond motifs is 6. The number of hydrogen-bond donors (Lipinski definition) is 4. The first-order chi connectivity index (χ1) is 36.6. The number of alkyl carbamates (subject to hydrolysis) is 2. The van der Waals surface area contributed by atoms with Gasteiger partial charge < -0.3 is 40.5 Å². The zero-order valence-electron chi connectivity index (χ0n) is 44.2. The van der Waals surface area contributed by atoms with Crippen molar-refractivity contribution in [2.45, 2.75) is 139 Å². The minimum absolute atomic E-state index is 0.00753. The Morgan fingerprint density at radius 2 is 0.921 bits per heavy atom. The summed E-state index contributed by atoms with van der Waals surface area (Å²) in [6.45, 7) is 9.30. The van der Waals surface area contributed by atoms with Crippen molar-refractivity contribution in [2.75, 3.05) is 24.9 Å². The molecule has 14 nitrogen and oxygen atoms in total. The highest BCUT2D eigenvalue weighted by Gasteiger charge is 2.54. The summed E-state index contributed by atoms with van der Waals surface area (Å²) in [4.78, 5) is 87.0. The van der Waals surface area contributed by atoms with Gasteiger partial charge in [-0.05, 0) is 167 Å². The van der Waals surface area contributed by atoms with E-state index in [1.54, 1.807) is 34.1 Å². The lowest BCUT2D eigenvalue weighted by molar-refractivity contribution is -0.142. The van der Waals surface area contributed by atoms with Gasteiger partial charge in [-0.3, -0.25) is 19.2 Å². The minimum Gasteiger partial charge on any atom is -0.453 e. The number of methoxy groups -OCH3 is 2. The van der Waals surface area contributed by atoms with E-state index in [1.807, 2.05) is 60.7 Å². The molecule has 4 bridgehead atoms. The van der Waals surface area contributed by atoms with Gasteiger partial charge in [-0.25, -0.2) is 9.59 Å². The van der Waals surface area contributed by atoms with E-state index in [1.165, 1.54) is 47.6 Å². The van der Waals surface area contributed by atoms with Crippen LogP contribution in [0.25, 0.3) is 22.3 Å². The summed E-state index contributed by atoms with van der Waals surface area (Å²) in [5.41, 5.74) is 11.9. The molecule has 8 unspecified atom stereocenters. The summed E-state index contributed by atoms with van der Waals surface area (Å²) in [7, 11) is 2.53. The minimum atomic E-state index is -1.01. The average molecular weight is 1030 g/mol. The molecule has 4 fully saturated rings. The number of carbonyl (C=O) groups is 6. The van der Waals surface area contributed by atoms with Crippen molar-refractivity contribution >= 4 is 47.2 Å². The molecule has 2 saturated heterocycles. The van der Waals surface area contributed by atoms with Crippen LogP contribution in [0.1, 0.15) is 125 Å². The van der Waals surface area contributed by atoms with Gasteiger partial charge in [0.2, 0.25) is 11.8 Å². The molecule has 394 valence electrons. The van der Waals surface area contributed by atoms with Crippen molar-refractivity contribution in [3.05, 3.63) is 143 Å². The number of piperidine rings is 2. The Bertz CT molecular complexity index is 2930. The van der Waals surface area contributed by atoms with Crippen LogP contribution in [0.2, 0.25) is 0 Å². The van der Waals surface area contributed by atoms with Crippen LogP contribution in [0.15, 0.2) is 109 Å². The van der Waals surface area contributed by atoms with Crippen LogP contribution in [-0.4, -0.2) is 84.0 Å². The molecule has 2 heterocycles. The molecule has 2 aliphatic heterocycles. The maximum atomic E-state index is 14.7. The van der Waals surface area contributed by atoms with E-state index in [0.717, 1.165) is 75.3 Å². The van der Waals surface area contributed by atoms with Gasteiger partial charge in [0.15, 0.2) is 0 Å². The van der Waals surface area contributed by atoms with Gasteiger partial charge in [-0.2, -0.15) is 0 Å². The highest BCUT2D eigenvalue weighted by atomic mass is 16.5. The SMILES string of the molecule is COC(=O)NC(C(=O)N1C2CCC(C2)C1C(=O)Nc1cccc(-c2c3c(c(-c4cccc(NC(=O)C5C6CCC(C6)N5C(=O)C(NC(=O)OC)c5ccccc5)c4)c4c2C(C)(C)CC4)C(C)(C)CC3)c1)c1ccccc1. The lowest BCUT2D eigenvalue weighted by Gasteiger charge is -2.36. The average Bonchev–Trinajstić information content (AvgIpc) is 4.35. The van der Waals surface area contributed by atoms with Gasteiger partial charge >= 0.3 is 12.2 Å². The third kappa shape index (κ3) is 8.96. The zero-order chi connectivity index (χ0) is 53.2. The number of anilines is 2. The van der Waals surface area contributed by atoms with E-state index in [-0.39, 0.29) is 58.4 Å². The second-order valence-corrected chi connectivity index (χ2v) is 23.2. The van der Waals surface area contributed by atoms with E-state index in [0.29, 0.717) is 22.5 Å². The topological polar surface area (TPSA) is 175 Å². The summed E-state index contributed by atoms with van der Waals surface area (Å²) in [6.07, 6.45) is 6.91. The molecule has 4 N–H and O–H groups in total. The summed E-state index contributed by atoms with van der Waals surface area (Å²) < 4.78 is 9.85. The maximum Gasteiger partial charge on any atom is 0.407 e. The standard InChI is InChI=1S/C62H68N6O8/c1-61(2)29-27-45-48(38-20-14-22-42(32-38)64-56(70)54-40-24-26-44(34-40)68(54)58(72)52(66-60(74)76-6)36-17-11-8-12-18-36)50-46(28-30-62(50,3)4)47(49(45)61)37-19-13-21-41(31-37)63-55(69)53-39-23-25-43(33-39)67(53)57(71)51(65-59(73)75-5)35-15-9-7-10-16-35/h7-22,31-32,39-40,43-44,51-54H,23-30,33-34H2,1-6H3,(H,63,69)(H,64,70)(H,65,73)(H,66,74). The summed E-state index contributed by atoms with van der Waals surface area (Å²) in [6, 6.07) is 30.8. The Balaban J connectivity index is 0.900. The number of benzene rings is 5. The molecule has 8 atom stereocenters. The number of carbonyl (C=O) groups excluding carboxylic acids is 6. The van der Waals surface area contributed by atoms with E-state index in [2.05, 4.69) is 73.2 Å². The fourth-order valence-electron chi connectivity index (χ4n) is 14.4. The highest BCUT2D eigenvalue weighted by molar-refractivity contribution is 6.02. The molecule has 0 spiro atoms. The smallest absolute Gasteiger partial charge is 0.407 e. The molecule has 4 aliphatic carbocycles. The van der Waals surface area contributed by atoms with Crippen molar-refractivity contribution in [2.24, 2.45) is 11.8 Å². The molecule has 0 radical (unpaired) electrons. The van der Waals surface area contributed by atoms with Gasteiger partial charge in [-0.15, -0.1) is 0 Å². The summed E-state index contributed by atoms with van der Waals surface area (Å²) >= 11 is 0. The quantitative estimate of drug-likeness (QED) is 0.0955. The first-order valence-electron chi connectivity index (χ1n) is 27.0. The Morgan fingerprint density at radius 3 is 1.30 bits per heavy atom. The molecule has 6 amide bonds. The van der Waals surface area contributed by atoms with Crippen molar-refractivity contribution in [3.8, 4) is 22.3 Å². The molecule has 2 saturated carbocycles. The van der Waals surface area contributed by atoms with Crippen LogP contribution in [0, 0.1) is 11.8 Å². The summed E-state index contributed by atoms with van der Waals surface area (Å²) in [5.74, 6) is -1.16. The Hall–Kier alpha value is -7.48. The third-order valence-corrected chi connectivity index (χ3v) is 17.8. The molecule has 11 rings (SSSR count). The predicted molar refractivity (Wildman–Crippen MR) is 290 cm³/mol. The number of amides is 6. The van der Waals surface area contributed by atoms with Crippen molar-refractivity contribution in [1.29, 1.82) is 0 Å². The first-order valence-corrected chi connectivity index (χ1v) is 27.0. The van der Waals surface area contributed by atoms with Gasteiger partial charge in [0.05, 0.1) is 14.2 Å². The number of rotatable bonds is 12.